The highest BCUT2D eigenvalue weighted by molar-refractivity contribution is 8.14. The van der Waals surface area contributed by atoms with Crippen LogP contribution < -0.4 is 5.32 Å². The van der Waals surface area contributed by atoms with E-state index in [0.717, 1.165) is 29.5 Å². The Kier molecular flexibility index (Phi) is 2.95. The molecule has 3 aliphatic heterocycles. The second-order valence-electron chi connectivity index (χ2n) is 6.48. The van der Waals surface area contributed by atoms with E-state index in [-0.39, 0.29) is 28.9 Å². The average Bonchev–Trinajstić information content (AvgIpc) is 3.13. The summed E-state index contributed by atoms with van der Waals surface area (Å²) < 4.78 is 11.4. The van der Waals surface area contributed by atoms with E-state index in [1.807, 2.05) is 13.0 Å². The third kappa shape index (κ3) is 1.92. The molecule has 2 fully saturated rings. The Morgan fingerprint density at radius 3 is 3.04 bits per heavy atom. The first-order valence-corrected chi connectivity index (χ1v) is 9.06. The molecule has 3 unspecified atom stereocenters. The molecule has 1 spiro atoms. The van der Waals surface area contributed by atoms with Crippen LogP contribution in [0, 0.1) is 11.8 Å². The van der Waals surface area contributed by atoms with Gasteiger partial charge in [0.25, 0.3) is 0 Å². The van der Waals surface area contributed by atoms with Crippen molar-refractivity contribution in [3.63, 3.8) is 0 Å². The molecular weight excluding hydrogens is 326 g/mol. The molecule has 3 heterocycles. The second kappa shape index (κ2) is 4.96. The molecule has 24 heavy (non-hydrogen) atoms. The molecular formula is C17H17N3O3S. The molecule has 0 bridgehead atoms. The fraction of sp³-hybridized carbons (Fsp3) is 0.529. The lowest BCUT2D eigenvalue weighted by molar-refractivity contribution is 0.0595. The number of amidine groups is 1. The van der Waals surface area contributed by atoms with Crippen LogP contribution in [0.5, 0.6) is 0 Å². The van der Waals surface area contributed by atoms with Crippen molar-refractivity contribution < 1.29 is 14.3 Å². The van der Waals surface area contributed by atoms with E-state index < -0.39 is 0 Å². The third-order valence-corrected chi connectivity index (χ3v) is 6.18. The SMILES string of the molecule is CC#CC1N(C2=NC3C4=C(C=CC3S2)OCCO4)C(=O)NC12CC2. The molecule has 6 nitrogen and oxygen atoms in total. The Morgan fingerprint density at radius 1 is 1.42 bits per heavy atom. The normalized spacial score (nSPS) is 34.5. The van der Waals surface area contributed by atoms with Gasteiger partial charge in [-0.25, -0.2) is 9.79 Å². The molecule has 0 aromatic rings. The van der Waals surface area contributed by atoms with Crippen LogP contribution in [0.4, 0.5) is 4.79 Å². The monoisotopic (exact) mass is 343 g/mol. The number of nitrogens with one attached hydrogen (secondary N) is 1. The van der Waals surface area contributed by atoms with Crippen LogP contribution in [0.2, 0.25) is 0 Å². The number of carbonyl (C=O) groups is 1. The summed E-state index contributed by atoms with van der Waals surface area (Å²) in [4.78, 5) is 19.1. The van der Waals surface area contributed by atoms with Crippen LogP contribution in [0.15, 0.2) is 28.7 Å². The van der Waals surface area contributed by atoms with Gasteiger partial charge in [0.1, 0.15) is 25.3 Å². The highest BCUT2D eigenvalue weighted by atomic mass is 32.2. The molecule has 124 valence electrons. The largest absolute Gasteiger partial charge is 0.488 e. The van der Waals surface area contributed by atoms with Crippen LogP contribution >= 0.6 is 11.8 Å². The molecule has 0 aromatic heterocycles. The summed E-state index contributed by atoms with van der Waals surface area (Å²) in [5.41, 5.74) is -0.179. The number of nitrogens with zero attached hydrogens (tertiary/aromatic N) is 2. The lowest BCUT2D eigenvalue weighted by Gasteiger charge is -2.27. The van der Waals surface area contributed by atoms with E-state index >= 15 is 0 Å². The lowest BCUT2D eigenvalue weighted by Crippen LogP contribution is -2.39. The maximum absolute atomic E-state index is 12.6. The Bertz CT molecular complexity index is 772. The molecule has 2 aliphatic carbocycles. The third-order valence-electron chi connectivity index (χ3n) is 4.98. The highest BCUT2D eigenvalue weighted by Crippen LogP contribution is 2.47. The fourth-order valence-corrected chi connectivity index (χ4v) is 4.84. The van der Waals surface area contributed by atoms with Gasteiger partial charge in [-0.05, 0) is 25.8 Å². The first-order chi connectivity index (χ1) is 11.7. The number of rotatable bonds is 0. The number of ether oxygens (including phenoxy) is 2. The molecule has 7 heteroatoms. The number of fused-ring (bicyclic) bond motifs is 2. The summed E-state index contributed by atoms with van der Waals surface area (Å²) in [7, 11) is 0. The summed E-state index contributed by atoms with van der Waals surface area (Å²) in [6.45, 7) is 2.92. The Balaban J connectivity index is 1.49. The molecule has 2 amide bonds. The Morgan fingerprint density at radius 2 is 2.25 bits per heavy atom. The van der Waals surface area contributed by atoms with Gasteiger partial charge in [-0.15, -0.1) is 5.92 Å². The van der Waals surface area contributed by atoms with Crippen molar-refractivity contribution in [2.24, 2.45) is 4.99 Å². The number of amides is 2. The van der Waals surface area contributed by atoms with Crippen molar-refractivity contribution in [1.82, 2.24) is 10.2 Å². The first-order valence-electron chi connectivity index (χ1n) is 8.18. The quantitative estimate of drug-likeness (QED) is 0.679. The summed E-state index contributed by atoms with van der Waals surface area (Å²) in [5.74, 6) is 7.73. The van der Waals surface area contributed by atoms with E-state index in [1.54, 1.807) is 16.7 Å². The summed E-state index contributed by atoms with van der Waals surface area (Å²) in [6, 6.07) is -0.351. The van der Waals surface area contributed by atoms with Gasteiger partial charge < -0.3 is 14.8 Å². The van der Waals surface area contributed by atoms with Gasteiger partial charge in [-0.3, -0.25) is 4.90 Å². The Hall–Kier alpha value is -2.07. The molecule has 5 rings (SSSR count). The zero-order valence-electron chi connectivity index (χ0n) is 13.2. The van der Waals surface area contributed by atoms with Gasteiger partial charge in [0.15, 0.2) is 16.7 Å². The van der Waals surface area contributed by atoms with Crippen molar-refractivity contribution in [3.05, 3.63) is 23.7 Å². The standard InChI is InChI=1S/C17H17N3O3S/c1-2-3-12-17(6-7-17)19-15(21)20(12)16-18-13-11(24-16)5-4-10-14(13)23-9-8-22-10/h4-5,11-13H,6-9H2,1H3,(H,19,21). The van der Waals surface area contributed by atoms with Gasteiger partial charge >= 0.3 is 6.03 Å². The summed E-state index contributed by atoms with van der Waals surface area (Å²) in [5, 5.41) is 3.97. The minimum Gasteiger partial charge on any atom is -0.488 e. The van der Waals surface area contributed by atoms with E-state index in [4.69, 9.17) is 14.5 Å². The predicted octanol–water partition coefficient (Wildman–Crippen LogP) is 1.60. The molecule has 1 N–H and O–H groups in total. The highest BCUT2D eigenvalue weighted by Gasteiger charge is 2.60. The van der Waals surface area contributed by atoms with Crippen molar-refractivity contribution in [2.45, 2.75) is 42.6 Å². The number of urea groups is 1. The lowest BCUT2D eigenvalue weighted by atomic mass is 10.1. The number of carbonyl (C=O) groups excluding carboxylic acids is 1. The van der Waals surface area contributed by atoms with Crippen LogP contribution in [0.3, 0.4) is 0 Å². The van der Waals surface area contributed by atoms with E-state index in [9.17, 15) is 4.79 Å². The van der Waals surface area contributed by atoms with E-state index in [0.29, 0.717) is 13.2 Å². The van der Waals surface area contributed by atoms with Gasteiger partial charge in [-0.2, -0.15) is 0 Å². The molecule has 1 saturated heterocycles. The zero-order chi connectivity index (χ0) is 16.3. The Labute approximate surface area is 144 Å². The van der Waals surface area contributed by atoms with Crippen LogP contribution in [0.1, 0.15) is 19.8 Å². The van der Waals surface area contributed by atoms with Crippen molar-refractivity contribution in [2.75, 3.05) is 13.2 Å². The van der Waals surface area contributed by atoms with Crippen molar-refractivity contribution in [1.29, 1.82) is 0 Å². The van der Waals surface area contributed by atoms with Gasteiger partial charge in [0, 0.05) is 0 Å². The molecule has 0 radical (unpaired) electrons. The fourth-order valence-electron chi connectivity index (χ4n) is 3.65. The van der Waals surface area contributed by atoms with Crippen molar-refractivity contribution in [3.8, 4) is 11.8 Å². The van der Waals surface area contributed by atoms with Crippen LogP contribution in [-0.4, -0.2) is 52.2 Å². The minimum atomic E-state index is -0.179. The summed E-state index contributed by atoms with van der Waals surface area (Å²) >= 11 is 1.60. The van der Waals surface area contributed by atoms with E-state index in [1.165, 1.54) is 0 Å². The molecule has 5 aliphatic rings. The smallest absolute Gasteiger partial charge is 0.325 e. The molecule has 1 saturated carbocycles. The maximum atomic E-state index is 12.6. The number of thioether (sulfide) groups is 1. The average molecular weight is 343 g/mol. The second-order valence-corrected chi connectivity index (χ2v) is 7.62. The molecule has 0 aromatic carbocycles. The van der Waals surface area contributed by atoms with E-state index in [2.05, 4.69) is 23.2 Å². The van der Waals surface area contributed by atoms with Crippen LogP contribution in [0.25, 0.3) is 0 Å². The number of hydrogen-bond acceptors (Lipinski definition) is 5. The van der Waals surface area contributed by atoms with Gasteiger partial charge in [0.05, 0.1) is 10.8 Å². The molecule has 3 atom stereocenters. The first kappa shape index (κ1) is 14.3. The minimum absolute atomic E-state index is 0.0934. The van der Waals surface area contributed by atoms with Gasteiger partial charge in [-0.1, -0.05) is 23.8 Å². The van der Waals surface area contributed by atoms with Crippen LogP contribution in [-0.2, 0) is 9.47 Å². The predicted molar refractivity (Wildman–Crippen MR) is 90.2 cm³/mol. The zero-order valence-corrected chi connectivity index (χ0v) is 14.1. The number of hydrogen-bond donors (Lipinski definition) is 1. The number of allylic oxidation sites excluding steroid dienone is 1. The summed E-state index contributed by atoms with van der Waals surface area (Å²) in [6.07, 6.45) is 5.99. The maximum Gasteiger partial charge on any atom is 0.325 e. The van der Waals surface area contributed by atoms with Gasteiger partial charge in [0.2, 0.25) is 0 Å². The topological polar surface area (TPSA) is 63.2 Å². The van der Waals surface area contributed by atoms with Crippen molar-refractivity contribution >= 4 is 23.0 Å². The number of aliphatic imine (C=N–C) groups is 1.